The summed E-state index contributed by atoms with van der Waals surface area (Å²) < 4.78 is 1.27. The number of hydrogen-bond donors (Lipinski definition) is 3. The van der Waals surface area contributed by atoms with Gasteiger partial charge in [-0.25, -0.2) is 9.50 Å². The number of H-pyrrole nitrogens is 1. The Balaban J connectivity index is 2.04. The fraction of sp³-hybridized carbons (Fsp3) is 0.304. The number of nitrogens with zero attached hydrogens (tertiary/aromatic N) is 2. The summed E-state index contributed by atoms with van der Waals surface area (Å²) >= 11 is 0. The summed E-state index contributed by atoms with van der Waals surface area (Å²) in [6, 6.07) is 5.67. The van der Waals surface area contributed by atoms with Crippen LogP contribution in [0.5, 0.6) is 0 Å². The summed E-state index contributed by atoms with van der Waals surface area (Å²) in [7, 11) is 0. The van der Waals surface area contributed by atoms with Crippen LogP contribution < -0.4 is 10.9 Å². The minimum Gasteiger partial charge on any atom is -0.321 e. The molecule has 0 atom stereocenters. The third-order valence-electron chi connectivity index (χ3n) is 4.84. The van der Waals surface area contributed by atoms with Crippen LogP contribution in [0.4, 0.5) is 5.69 Å². The van der Waals surface area contributed by atoms with Crippen LogP contribution >= 0.6 is 0 Å². The van der Waals surface area contributed by atoms with Crippen LogP contribution in [0.1, 0.15) is 60.4 Å². The van der Waals surface area contributed by atoms with Crippen molar-refractivity contribution in [2.75, 3.05) is 5.32 Å². The molecule has 1 amide bonds. The molecule has 0 saturated carbocycles. The third-order valence-corrected chi connectivity index (χ3v) is 4.84. The molecule has 0 aliphatic carbocycles. The minimum absolute atomic E-state index is 0.0322. The van der Waals surface area contributed by atoms with E-state index in [0.717, 1.165) is 22.4 Å². The van der Waals surface area contributed by atoms with E-state index in [0.29, 0.717) is 17.0 Å². The van der Waals surface area contributed by atoms with Crippen LogP contribution in [0.2, 0.25) is 0 Å². The van der Waals surface area contributed by atoms with Gasteiger partial charge in [0, 0.05) is 29.4 Å². The number of aromatic amines is 1. The molecular weight excluding hydrogens is 378 g/mol. The highest BCUT2D eigenvalue weighted by Crippen LogP contribution is 2.33. The van der Waals surface area contributed by atoms with E-state index in [2.05, 4.69) is 36.2 Å². The van der Waals surface area contributed by atoms with Gasteiger partial charge in [-0.15, -0.1) is 0 Å². The van der Waals surface area contributed by atoms with Crippen molar-refractivity contribution in [3.63, 3.8) is 0 Å². The van der Waals surface area contributed by atoms with Gasteiger partial charge in [0.25, 0.3) is 11.5 Å². The molecule has 2 aromatic heterocycles. The Hall–Kier alpha value is -3.48. The lowest BCUT2D eigenvalue weighted by Gasteiger charge is -2.24. The van der Waals surface area contributed by atoms with E-state index in [4.69, 9.17) is 5.41 Å². The summed E-state index contributed by atoms with van der Waals surface area (Å²) in [6.45, 7) is 11.7. The number of fused-ring (bicyclic) bond motifs is 1. The maximum absolute atomic E-state index is 13.0. The van der Waals surface area contributed by atoms with Crippen LogP contribution in [0, 0.1) is 19.3 Å². The summed E-state index contributed by atoms with van der Waals surface area (Å²) in [4.78, 5) is 29.9. The maximum Gasteiger partial charge on any atom is 0.285 e. The second kappa shape index (κ2) is 7.74. The molecule has 0 unspecified atom stereocenters. The van der Waals surface area contributed by atoms with Gasteiger partial charge >= 0.3 is 0 Å². The van der Waals surface area contributed by atoms with E-state index >= 15 is 0 Å². The Morgan fingerprint density at radius 3 is 2.57 bits per heavy atom. The zero-order valence-electron chi connectivity index (χ0n) is 18.2. The Bertz CT molecular complexity index is 1240. The van der Waals surface area contributed by atoms with Crippen molar-refractivity contribution in [2.45, 2.75) is 47.0 Å². The fourth-order valence-electron chi connectivity index (χ4n) is 3.27. The molecule has 0 aliphatic rings. The van der Waals surface area contributed by atoms with Crippen molar-refractivity contribution >= 4 is 29.0 Å². The molecule has 7 nitrogen and oxygen atoms in total. The van der Waals surface area contributed by atoms with Gasteiger partial charge in [0.2, 0.25) is 0 Å². The van der Waals surface area contributed by atoms with Crippen LogP contribution in [0.15, 0.2) is 35.3 Å². The number of carbonyl (C=O) groups is 1. The van der Waals surface area contributed by atoms with Gasteiger partial charge in [-0.2, -0.15) is 0 Å². The molecule has 0 spiro atoms. The van der Waals surface area contributed by atoms with Gasteiger partial charge in [0.15, 0.2) is 5.65 Å². The van der Waals surface area contributed by atoms with Crippen molar-refractivity contribution in [3.8, 4) is 0 Å². The molecule has 7 heteroatoms. The van der Waals surface area contributed by atoms with Gasteiger partial charge in [0.1, 0.15) is 5.56 Å². The number of benzene rings is 1. The lowest BCUT2D eigenvalue weighted by atomic mass is 9.83. The van der Waals surface area contributed by atoms with E-state index in [1.807, 2.05) is 32.1 Å². The standard InChI is InChI=1S/C23H27N5O2/c1-13-9-19(18(23(4,5)6)11-16(13)8-7-14(2)24)26-21(29)17-12-25-20-10-15(3)27-28(20)22(17)30/h7-12,24,27H,1-6H3,(H,26,29)/b8-7-,24-14?. The van der Waals surface area contributed by atoms with Crippen LogP contribution in [0.3, 0.4) is 0 Å². The molecule has 0 radical (unpaired) electrons. The van der Waals surface area contributed by atoms with Crippen LogP contribution in [0.25, 0.3) is 11.7 Å². The average Bonchev–Trinajstić information content (AvgIpc) is 3.01. The molecular formula is C23H27N5O2. The van der Waals surface area contributed by atoms with Gasteiger partial charge in [-0.05, 0) is 61.1 Å². The van der Waals surface area contributed by atoms with Crippen molar-refractivity contribution < 1.29 is 4.79 Å². The lowest BCUT2D eigenvalue weighted by molar-refractivity contribution is 0.102. The van der Waals surface area contributed by atoms with E-state index < -0.39 is 11.5 Å². The zero-order chi connectivity index (χ0) is 22.2. The number of anilines is 1. The molecule has 0 fully saturated rings. The molecule has 3 N–H and O–H groups in total. The normalized spacial score (nSPS) is 11.9. The molecule has 3 rings (SSSR count). The molecule has 0 bridgehead atoms. The highest BCUT2D eigenvalue weighted by molar-refractivity contribution is 6.04. The predicted molar refractivity (Wildman–Crippen MR) is 121 cm³/mol. The number of nitrogens with one attached hydrogen (secondary N) is 3. The molecule has 3 aromatic rings. The van der Waals surface area contributed by atoms with Crippen molar-refractivity contribution in [1.29, 1.82) is 5.41 Å². The zero-order valence-corrected chi connectivity index (χ0v) is 18.2. The first kappa shape index (κ1) is 21.2. The smallest absolute Gasteiger partial charge is 0.285 e. The van der Waals surface area contributed by atoms with E-state index in [1.165, 1.54) is 10.7 Å². The van der Waals surface area contributed by atoms with E-state index in [1.54, 1.807) is 19.1 Å². The van der Waals surface area contributed by atoms with Crippen molar-refractivity contribution in [1.82, 2.24) is 14.6 Å². The second-order valence-electron chi connectivity index (χ2n) is 8.58. The first-order valence-corrected chi connectivity index (χ1v) is 9.74. The topological polar surface area (TPSA) is 103 Å². The number of aryl methyl sites for hydroxylation is 2. The Morgan fingerprint density at radius 2 is 1.93 bits per heavy atom. The number of amides is 1. The van der Waals surface area contributed by atoms with Gasteiger partial charge in [0.05, 0.1) is 0 Å². The van der Waals surface area contributed by atoms with Crippen molar-refractivity contribution in [2.24, 2.45) is 0 Å². The molecule has 2 heterocycles. The number of aromatic nitrogens is 3. The van der Waals surface area contributed by atoms with Crippen LogP contribution in [-0.4, -0.2) is 26.2 Å². The van der Waals surface area contributed by atoms with Crippen LogP contribution in [-0.2, 0) is 5.41 Å². The summed E-state index contributed by atoms with van der Waals surface area (Å²) in [5.41, 5.74) is 4.53. The highest BCUT2D eigenvalue weighted by Gasteiger charge is 2.22. The van der Waals surface area contributed by atoms with Crippen molar-refractivity contribution in [3.05, 3.63) is 68.8 Å². The van der Waals surface area contributed by atoms with E-state index in [-0.39, 0.29) is 11.0 Å². The number of rotatable bonds is 4. The Morgan fingerprint density at radius 1 is 1.23 bits per heavy atom. The highest BCUT2D eigenvalue weighted by atomic mass is 16.2. The lowest BCUT2D eigenvalue weighted by Crippen LogP contribution is -2.28. The van der Waals surface area contributed by atoms with Gasteiger partial charge in [-0.1, -0.05) is 26.8 Å². The Labute approximate surface area is 175 Å². The van der Waals surface area contributed by atoms with E-state index in [9.17, 15) is 9.59 Å². The molecule has 1 aromatic carbocycles. The Kier molecular flexibility index (Phi) is 5.48. The monoisotopic (exact) mass is 405 g/mol. The maximum atomic E-state index is 13.0. The molecule has 156 valence electrons. The summed E-state index contributed by atoms with van der Waals surface area (Å²) in [5.74, 6) is -0.502. The number of carbonyl (C=O) groups excluding carboxylic acids is 1. The largest absolute Gasteiger partial charge is 0.321 e. The summed E-state index contributed by atoms with van der Waals surface area (Å²) in [6.07, 6.45) is 4.96. The first-order valence-electron chi connectivity index (χ1n) is 9.74. The fourth-order valence-corrected chi connectivity index (χ4v) is 3.27. The molecule has 0 saturated heterocycles. The van der Waals surface area contributed by atoms with Gasteiger partial charge < -0.3 is 10.7 Å². The number of allylic oxidation sites excluding steroid dienone is 1. The SMILES string of the molecule is CC(=N)/C=C\c1cc(C(C)(C)C)c(NC(=O)c2cnc3cc(C)[nH]n3c2=O)cc1C. The molecule has 30 heavy (non-hydrogen) atoms. The number of hydrogen-bond acceptors (Lipinski definition) is 4. The minimum atomic E-state index is -0.502. The third kappa shape index (κ3) is 4.25. The van der Waals surface area contributed by atoms with Gasteiger partial charge in [-0.3, -0.25) is 14.7 Å². The first-order chi connectivity index (χ1) is 14.0. The quantitative estimate of drug-likeness (QED) is 0.566. The summed E-state index contributed by atoms with van der Waals surface area (Å²) in [5, 5.41) is 13.4. The predicted octanol–water partition coefficient (Wildman–Crippen LogP) is 4.24. The molecule has 0 aliphatic heterocycles. The average molecular weight is 406 g/mol. The second-order valence-corrected chi connectivity index (χ2v) is 8.58.